The first-order valence-corrected chi connectivity index (χ1v) is 4.69. The normalized spacial score (nSPS) is 33.5. The molecule has 1 unspecified atom stereocenters. The molecule has 1 aliphatic rings. The zero-order chi connectivity index (χ0) is 12.3. The zero-order valence-corrected chi connectivity index (χ0v) is 8.88. The molecule has 7 heteroatoms. The predicted molar refractivity (Wildman–Crippen MR) is 48.0 cm³/mol. The van der Waals surface area contributed by atoms with E-state index in [0.717, 1.165) is 13.8 Å². The van der Waals surface area contributed by atoms with Crippen molar-refractivity contribution in [3.05, 3.63) is 0 Å². The number of carbonyl (C=O) groups excluding carboxylic acids is 2. The minimum atomic E-state index is -1.49. The average molecular weight is 236 g/mol. The lowest BCUT2D eigenvalue weighted by Gasteiger charge is -2.20. The fourth-order valence-corrected chi connectivity index (χ4v) is 1.48. The van der Waals surface area contributed by atoms with Crippen LogP contribution >= 0.6 is 0 Å². The maximum Gasteiger partial charge on any atom is 0.303 e. The molecular weight excluding hydrogens is 223 g/mol. The van der Waals surface area contributed by atoms with Gasteiger partial charge >= 0.3 is 11.9 Å². The third-order valence-corrected chi connectivity index (χ3v) is 2.04. The van der Waals surface area contributed by atoms with Crippen molar-refractivity contribution in [2.45, 2.75) is 38.4 Å². The first-order chi connectivity index (χ1) is 7.45. The topological polar surface area (TPSA) is 82.1 Å². The highest BCUT2D eigenvalue weighted by atomic mass is 19.1. The number of hydrogen-bond acceptors (Lipinski definition) is 6. The van der Waals surface area contributed by atoms with Crippen molar-refractivity contribution >= 4 is 11.9 Å². The predicted octanol–water partition coefficient (Wildman–Crippen LogP) is -0.464. The molecule has 1 rings (SSSR count). The summed E-state index contributed by atoms with van der Waals surface area (Å²) in [7, 11) is 0. The second-order valence-electron chi connectivity index (χ2n) is 3.37. The molecule has 92 valence electrons. The first-order valence-electron chi connectivity index (χ1n) is 4.69. The molecule has 0 radical (unpaired) electrons. The number of ether oxygens (including phenoxy) is 3. The first kappa shape index (κ1) is 12.9. The van der Waals surface area contributed by atoms with E-state index in [1.807, 2.05) is 0 Å². The van der Waals surface area contributed by atoms with Crippen LogP contribution in [0, 0.1) is 0 Å². The molecule has 0 aromatic carbocycles. The van der Waals surface area contributed by atoms with E-state index in [0.29, 0.717) is 0 Å². The maximum absolute atomic E-state index is 12.5. The Morgan fingerprint density at radius 1 is 1.25 bits per heavy atom. The van der Waals surface area contributed by atoms with Crippen molar-refractivity contribution in [1.29, 1.82) is 0 Å². The van der Waals surface area contributed by atoms with E-state index in [1.54, 1.807) is 0 Å². The van der Waals surface area contributed by atoms with E-state index >= 15 is 0 Å². The minimum absolute atomic E-state index is 0.668. The standard InChI is InChI=1S/C9H13FO6/c1-4(11)14-7-6(3-10)16-9(13)8(7)15-5(2)12/h6-9,13H,3H2,1-2H3/t6-,7-,8+,9?/m1/s1. The van der Waals surface area contributed by atoms with Gasteiger partial charge in [0.05, 0.1) is 0 Å². The van der Waals surface area contributed by atoms with Crippen LogP contribution < -0.4 is 0 Å². The average Bonchev–Trinajstić information content (AvgIpc) is 2.44. The second-order valence-corrected chi connectivity index (χ2v) is 3.37. The summed E-state index contributed by atoms with van der Waals surface area (Å²) < 4.78 is 26.7. The fourth-order valence-electron chi connectivity index (χ4n) is 1.48. The van der Waals surface area contributed by atoms with Crippen LogP contribution in [0.5, 0.6) is 0 Å². The third kappa shape index (κ3) is 2.89. The molecule has 1 fully saturated rings. The van der Waals surface area contributed by atoms with Gasteiger partial charge in [0.25, 0.3) is 0 Å². The van der Waals surface area contributed by atoms with Crippen molar-refractivity contribution in [2.24, 2.45) is 0 Å². The van der Waals surface area contributed by atoms with Crippen LogP contribution in [0.3, 0.4) is 0 Å². The molecule has 4 atom stereocenters. The van der Waals surface area contributed by atoms with Crippen molar-refractivity contribution in [2.75, 3.05) is 6.67 Å². The Morgan fingerprint density at radius 3 is 2.19 bits per heavy atom. The summed E-state index contributed by atoms with van der Waals surface area (Å²) in [6, 6.07) is 0. The molecule has 1 saturated heterocycles. The summed E-state index contributed by atoms with van der Waals surface area (Å²) in [5.74, 6) is -1.34. The van der Waals surface area contributed by atoms with Gasteiger partial charge < -0.3 is 19.3 Å². The molecule has 16 heavy (non-hydrogen) atoms. The summed E-state index contributed by atoms with van der Waals surface area (Å²) in [4.78, 5) is 21.5. The van der Waals surface area contributed by atoms with Crippen LogP contribution in [0.4, 0.5) is 4.39 Å². The smallest absolute Gasteiger partial charge is 0.303 e. The lowest BCUT2D eigenvalue weighted by atomic mass is 10.1. The third-order valence-electron chi connectivity index (χ3n) is 2.04. The van der Waals surface area contributed by atoms with Gasteiger partial charge in [-0.25, -0.2) is 4.39 Å². The van der Waals surface area contributed by atoms with E-state index in [4.69, 9.17) is 14.2 Å². The largest absolute Gasteiger partial charge is 0.455 e. The summed E-state index contributed by atoms with van der Waals surface area (Å²) in [6.45, 7) is 1.30. The molecule has 0 saturated carbocycles. The number of aliphatic hydroxyl groups is 1. The highest BCUT2D eigenvalue weighted by Crippen LogP contribution is 2.25. The van der Waals surface area contributed by atoms with Gasteiger partial charge in [0.1, 0.15) is 12.8 Å². The van der Waals surface area contributed by atoms with Crippen molar-refractivity contribution in [3.63, 3.8) is 0 Å². The maximum atomic E-state index is 12.5. The zero-order valence-electron chi connectivity index (χ0n) is 8.88. The van der Waals surface area contributed by atoms with Gasteiger partial charge in [0.15, 0.2) is 18.5 Å². The molecule has 0 aromatic heterocycles. The van der Waals surface area contributed by atoms with Crippen molar-refractivity contribution in [1.82, 2.24) is 0 Å². The molecule has 6 nitrogen and oxygen atoms in total. The van der Waals surface area contributed by atoms with Crippen molar-refractivity contribution in [3.8, 4) is 0 Å². The number of carbonyl (C=O) groups is 2. The quantitative estimate of drug-likeness (QED) is 0.667. The van der Waals surface area contributed by atoms with Crippen LogP contribution in [0.15, 0.2) is 0 Å². The van der Waals surface area contributed by atoms with E-state index in [-0.39, 0.29) is 0 Å². The molecule has 0 aliphatic carbocycles. The van der Waals surface area contributed by atoms with E-state index in [9.17, 15) is 19.1 Å². The monoisotopic (exact) mass is 236 g/mol. The number of rotatable bonds is 3. The Balaban J connectivity index is 2.76. The Kier molecular flexibility index (Phi) is 4.19. The summed E-state index contributed by atoms with van der Waals surface area (Å²) in [5, 5.41) is 9.37. The lowest BCUT2D eigenvalue weighted by molar-refractivity contribution is -0.174. The second kappa shape index (κ2) is 5.22. The highest BCUT2D eigenvalue weighted by Gasteiger charge is 2.48. The lowest BCUT2D eigenvalue weighted by Crippen LogP contribution is -2.40. The van der Waals surface area contributed by atoms with Gasteiger partial charge in [-0.2, -0.15) is 0 Å². The molecule has 0 aromatic rings. The SMILES string of the molecule is CC(=O)O[C@H]1[C@H](OC(C)=O)C(O)O[C@@H]1CF. The number of esters is 2. The van der Waals surface area contributed by atoms with Gasteiger partial charge in [-0.3, -0.25) is 9.59 Å². The number of hydrogen-bond donors (Lipinski definition) is 1. The summed E-state index contributed by atoms with van der Waals surface area (Å²) in [6.07, 6.45) is -4.93. The van der Waals surface area contributed by atoms with Gasteiger partial charge in [-0.05, 0) is 0 Å². The van der Waals surface area contributed by atoms with Crippen LogP contribution in [0.1, 0.15) is 13.8 Å². The molecule has 1 aliphatic heterocycles. The molecule has 0 bridgehead atoms. The molecule has 0 amide bonds. The van der Waals surface area contributed by atoms with Crippen LogP contribution in [0.25, 0.3) is 0 Å². The highest BCUT2D eigenvalue weighted by molar-refractivity contribution is 5.67. The van der Waals surface area contributed by atoms with Crippen LogP contribution in [0.2, 0.25) is 0 Å². The Labute approximate surface area is 91.3 Å². The number of halogens is 1. The number of alkyl halides is 1. The van der Waals surface area contributed by atoms with Crippen LogP contribution in [-0.2, 0) is 23.8 Å². The van der Waals surface area contributed by atoms with E-state index in [1.165, 1.54) is 0 Å². The van der Waals surface area contributed by atoms with Crippen LogP contribution in [-0.4, -0.2) is 48.3 Å². The molecule has 1 heterocycles. The fraction of sp³-hybridized carbons (Fsp3) is 0.778. The Bertz CT molecular complexity index is 281. The van der Waals surface area contributed by atoms with Gasteiger partial charge in [-0.1, -0.05) is 0 Å². The van der Waals surface area contributed by atoms with E-state index < -0.39 is 43.2 Å². The molecular formula is C9H13FO6. The molecule has 0 spiro atoms. The summed E-state index contributed by atoms with van der Waals surface area (Å²) >= 11 is 0. The Morgan fingerprint density at radius 2 is 1.75 bits per heavy atom. The van der Waals surface area contributed by atoms with Crippen molar-refractivity contribution < 1.29 is 33.3 Å². The minimum Gasteiger partial charge on any atom is -0.455 e. The van der Waals surface area contributed by atoms with E-state index in [2.05, 4.69) is 0 Å². The number of aliphatic hydroxyl groups excluding tert-OH is 1. The summed E-state index contributed by atoms with van der Waals surface area (Å²) in [5.41, 5.74) is 0. The Hall–Kier alpha value is -1.21. The van der Waals surface area contributed by atoms with Gasteiger partial charge in [0.2, 0.25) is 0 Å². The van der Waals surface area contributed by atoms with Gasteiger partial charge in [0, 0.05) is 13.8 Å². The molecule has 1 N–H and O–H groups in total. The van der Waals surface area contributed by atoms with Gasteiger partial charge in [-0.15, -0.1) is 0 Å².